The van der Waals surface area contributed by atoms with E-state index in [1.54, 1.807) is 14.2 Å². The number of fused-ring (bicyclic) bond motifs is 2. The van der Waals surface area contributed by atoms with E-state index in [-0.39, 0.29) is 5.91 Å². The molecule has 0 fully saturated rings. The Morgan fingerprint density at radius 3 is 2.36 bits per heavy atom. The first-order valence-corrected chi connectivity index (χ1v) is 12.9. The van der Waals surface area contributed by atoms with Crippen molar-refractivity contribution in [1.29, 1.82) is 0 Å². The lowest BCUT2D eigenvalue weighted by atomic mass is 10.0. The SMILES string of the molecule is COc1cc2c(cc1OC)CC(=O)N(CCCN(C)CCCCOc1ccc3ccccc3c1)CC2. The molecule has 1 heterocycles. The maximum Gasteiger partial charge on any atom is 0.227 e. The number of carbonyl (C=O) groups excluding carboxylic acids is 1. The molecule has 3 aromatic rings. The molecule has 0 aromatic heterocycles. The van der Waals surface area contributed by atoms with Crippen LogP contribution in [-0.2, 0) is 17.6 Å². The molecule has 0 aliphatic carbocycles. The summed E-state index contributed by atoms with van der Waals surface area (Å²) in [7, 11) is 5.43. The first-order chi connectivity index (χ1) is 17.6. The average molecular weight is 491 g/mol. The number of benzene rings is 3. The molecule has 0 bridgehead atoms. The van der Waals surface area contributed by atoms with Crippen molar-refractivity contribution in [2.24, 2.45) is 0 Å². The van der Waals surface area contributed by atoms with Crippen LogP contribution >= 0.6 is 0 Å². The first kappa shape index (κ1) is 25.8. The molecule has 1 aliphatic rings. The summed E-state index contributed by atoms with van der Waals surface area (Å²) in [5, 5.41) is 2.44. The van der Waals surface area contributed by atoms with E-state index >= 15 is 0 Å². The van der Waals surface area contributed by atoms with Gasteiger partial charge in [-0.05, 0) is 92.0 Å². The van der Waals surface area contributed by atoms with Gasteiger partial charge in [0.2, 0.25) is 5.91 Å². The van der Waals surface area contributed by atoms with Gasteiger partial charge >= 0.3 is 0 Å². The van der Waals surface area contributed by atoms with E-state index < -0.39 is 0 Å². The second-order valence-corrected chi connectivity index (χ2v) is 9.50. The molecule has 0 N–H and O–H groups in total. The molecule has 6 nitrogen and oxygen atoms in total. The van der Waals surface area contributed by atoms with Crippen LogP contribution in [-0.4, -0.2) is 69.8 Å². The van der Waals surface area contributed by atoms with Gasteiger partial charge in [0, 0.05) is 13.1 Å². The van der Waals surface area contributed by atoms with Crippen LogP contribution in [0.25, 0.3) is 10.8 Å². The quantitative estimate of drug-likeness (QED) is 0.336. The van der Waals surface area contributed by atoms with Crippen molar-refractivity contribution in [3.63, 3.8) is 0 Å². The lowest BCUT2D eigenvalue weighted by Crippen LogP contribution is -2.35. The number of nitrogens with zero attached hydrogens (tertiary/aromatic N) is 2. The van der Waals surface area contributed by atoms with Gasteiger partial charge in [-0.2, -0.15) is 0 Å². The number of carbonyl (C=O) groups is 1. The molecule has 36 heavy (non-hydrogen) atoms. The Morgan fingerprint density at radius 2 is 1.58 bits per heavy atom. The topological polar surface area (TPSA) is 51.2 Å². The van der Waals surface area contributed by atoms with Crippen LogP contribution in [0.4, 0.5) is 0 Å². The van der Waals surface area contributed by atoms with Crippen LogP contribution in [0.5, 0.6) is 17.2 Å². The van der Waals surface area contributed by atoms with Gasteiger partial charge in [-0.25, -0.2) is 0 Å². The van der Waals surface area contributed by atoms with Crippen molar-refractivity contribution in [3.05, 3.63) is 65.7 Å². The minimum atomic E-state index is 0.189. The predicted molar refractivity (Wildman–Crippen MR) is 144 cm³/mol. The molecule has 0 unspecified atom stereocenters. The molecule has 0 atom stereocenters. The standard InChI is InChI=1S/C30H38N2O4/c1-31(14-6-7-18-36-27-12-11-23-9-4-5-10-24(23)19-27)15-8-16-32-17-13-25-20-28(34-2)29(35-3)21-26(25)22-30(32)33/h4-5,9-12,19-21H,6-8,13-18,22H2,1-3H3. The highest BCUT2D eigenvalue weighted by Crippen LogP contribution is 2.32. The van der Waals surface area contributed by atoms with Crippen molar-refractivity contribution in [2.45, 2.75) is 32.1 Å². The Labute approximate surface area is 214 Å². The monoisotopic (exact) mass is 490 g/mol. The smallest absolute Gasteiger partial charge is 0.227 e. The third-order valence-corrected chi connectivity index (χ3v) is 6.94. The normalized spacial score (nSPS) is 13.6. The number of amides is 1. The average Bonchev–Trinajstić information content (AvgIpc) is 3.05. The summed E-state index contributed by atoms with van der Waals surface area (Å²) in [6.07, 6.45) is 4.34. The third-order valence-electron chi connectivity index (χ3n) is 6.94. The van der Waals surface area contributed by atoms with Crippen molar-refractivity contribution in [2.75, 3.05) is 54.1 Å². The molecule has 0 saturated carbocycles. The second-order valence-electron chi connectivity index (χ2n) is 9.50. The molecular weight excluding hydrogens is 452 g/mol. The first-order valence-electron chi connectivity index (χ1n) is 12.9. The highest BCUT2D eigenvalue weighted by molar-refractivity contribution is 5.83. The Morgan fingerprint density at radius 1 is 0.861 bits per heavy atom. The van der Waals surface area contributed by atoms with Crippen LogP contribution in [0.3, 0.4) is 0 Å². The maximum absolute atomic E-state index is 12.9. The molecule has 4 rings (SSSR count). The van der Waals surface area contributed by atoms with Gasteiger partial charge in [0.15, 0.2) is 11.5 Å². The molecule has 1 amide bonds. The molecule has 0 saturated heterocycles. The third kappa shape index (κ3) is 6.70. The van der Waals surface area contributed by atoms with E-state index in [2.05, 4.69) is 48.3 Å². The Hall–Kier alpha value is -3.25. The lowest BCUT2D eigenvalue weighted by Gasteiger charge is -2.22. The predicted octanol–water partition coefficient (Wildman–Crippen LogP) is 4.97. The molecule has 0 spiro atoms. The fraction of sp³-hybridized carbons (Fsp3) is 0.433. The van der Waals surface area contributed by atoms with Gasteiger partial charge in [-0.3, -0.25) is 4.79 Å². The lowest BCUT2D eigenvalue weighted by molar-refractivity contribution is -0.130. The Balaban J connectivity index is 1.14. The van der Waals surface area contributed by atoms with Gasteiger partial charge in [0.05, 0.1) is 27.2 Å². The maximum atomic E-state index is 12.9. The fourth-order valence-electron chi connectivity index (χ4n) is 4.83. The van der Waals surface area contributed by atoms with Gasteiger partial charge in [-0.15, -0.1) is 0 Å². The molecule has 0 radical (unpaired) electrons. The Bertz CT molecular complexity index is 1160. The zero-order valence-electron chi connectivity index (χ0n) is 21.8. The van der Waals surface area contributed by atoms with E-state index in [0.29, 0.717) is 12.2 Å². The number of ether oxygens (including phenoxy) is 3. The van der Waals surface area contributed by atoms with Gasteiger partial charge in [0.25, 0.3) is 0 Å². The zero-order chi connectivity index (χ0) is 25.3. The van der Waals surface area contributed by atoms with Gasteiger partial charge < -0.3 is 24.0 Å². The molecular formula is C30H38N2O4. The van der Waals surface area contributed by atoms with Crippen LogP contribution in [0.15, 0.2) is 54.6 Å². The molecule has 1 aliphatic heterocycles. The fourth-order valence-corrected chi connectivity index (χ4v) is 4.83. The van der Waals surface area contributed by atoms with E-state index in [0.717, 1.165) is 75.5 Å². The van der Waals surface area contributed by atoms with Crippen LogP contribution in [0.1, 0.15) is 30.4 Å². The molecule has 192 valence electrons. The highest BCUT2D eigenvalue weighted by Gasteiger charge is 2.22. The van der Waals surface area contributed by atoms with Crippen LogP contribution in [0.2, 0.25) is 0 Å². The van der Waals surface area contributed by atoms with Gasteiger partial charge in [0.1, 0.15) is 5.75 Å². The largest absolute Gasteiger partial charge is 0.494 e. The van der Waals surface area contributed by atoms with Gasteiger partial charge in [-0.1, -0.05) is 30.3 Å². The minimum Gasteiger partial charge on any atom is -0.494 e. The van der Waals surface area contributed by atoms with E-state index in [1.807, 2.05) is 23.1 Å². The number of hydrogen-bond acceptors (Lipinski definition) is 5. The summed E-state index contributed by atoms with van der Waals surface area (Å²) in [5.41, 5.74) is 2.22. The number of unbranched alkanes of at least 4 members (excludes halogenated alkanes) is 1. The molecule has 3 aromatic carbocycles. The number of methoxy groups -OCH3 is 2. The van der Waals surface area contributed by atoms with Crippen molar-refractivity contribution < 1.29 is 19.0 Å². The summed E-state index contributed by atoms with van der Waals surface area (Å²) >= 11 is 0. The van der Waals surface area contributed by atoms with E-state index in [1.165, 1.54) is 16.3 Å². The summed E-state index contributed by atoms with van der Waals surface area (Å²) in [6, 6.07) is 18.6. The molecule has 6 heteroatoms. The van der Waals surface area contributed by atoms with Crippen molar-refractivity contribution in [1.82, 2.24) is 9.80 Å². The summed E-state index contributed by atoms with van der Waals surface area (Å²) in [4.78, 5) is 17.2. The summed E-state index contributed by atoms with van der Waals surface area (Å²) in [5.74, 6) is 2.53. The number of hydrogen-bond donors (Lipinski definition) is 0. The number of rotatable bonds is 12. The zero-order valence-corrected chi connectivity index (χ0v) is 21.8. The van der Waals surface area contributed by atoms with Crippen LogP contribution < -0.4 is 14.2 Å². The second kappa shape index (κ2) is 12.6. The highest BCUT2D eigenvalue weighted by atomic mass is 16.5. The van der Waals surface area contributed by atoms with Crippen molar-refractivity contribution >= 4 is 16.7 Å². The Kier molecular flexibility index (Phi) is 9.06. The van der Waals surface area contributed by atoms with E-state index in [9.17, 15) is 4.79 Å². The van der Waals surface area contributed by atoms with Crippen molar-refractivity contribution in [3.8, 4) is 17.2 Å². The summed E-state index contributed by atoms with van der Waals surface area (Å²) in [6.45, 7) is 4.27. The minimum absolute atomic E-state index is 0.189. The van der Waals surface area contributed by atoms with E-state index in [4.69, 9.17) is 14.2 Å². The van der Waals surface area contributed by atoms with Crippen LogP contribution in [0, 0.1) is 0 Å². The summed E-state index contributed by atoms with van der Waals surface area (Å²) < 4.78 is 16.8.